The van der Waals surface area contributed by atoms with Crippen LogP contribution in [0.4, 0.5) is 0 Å². The van der Waals surface area contributed by atoms with E-state index in [4.69, 9.17) is 5.73 Å². The van der Waals surface area contributed by atoms with Crippen molar-refractivity contribution in [3.05, 3.63) is 36.9 Å². The Morgan fingerprint density at radius 1 is 1.27 bits per heavy atom. The maximum atomic E-state index is 11.7. The Hall–Kier alpha value is -2.27. The molecule has 2 aliphatic rings. The third-order valence-electron chi connectivity index (χ3n) is 6.62. The highest BCUT2D eigenvalue weighted by Crippen LogP contribution is 2.35. The summed E-state index contributed by atoms with van der Waals surface area (Å²) >= 11 is 0. The van der Waals surface area contributed by atoms with E-state index in [1.807, 2.05) is 29.2 Å². The molecule has 5 rings (SSSR count). The van der Waals surface area contributed by atoms with Crippen molar-refractivity contribution in [1.29, 1.82) is 0 Å². The minimum Gasteiger partial charge on any atom is -0.346 e. The van der Waals surface area contributed by atoms with Gasteiger partial charge in [-0.1, -0.05) is 0 Å². The molecule has 0 aliphatic carbocycles. The van der Waals surface area contributed by atoms with Crippen molar-refractivity contribution >= 4 is 21.1 Å². The fourth-order valence-electron chi connectivity index (χ4n) is 4.81. The molecule has 9 nitrogen and oxygen atoms in total. The van der Waals surface area contributed by atoms with Crippen molar-refractivity contribution in [3.8, 4) is 11.1 Å². The number of piperidine rings is 1. The molecule has 30 heavy (non-hydrogen) atoms. The van der Waals surface area contributed by atoms with Crippen LogP contribution in [0.5, 0.6) is 0 Å². The van der Waals surface area contributed by atoms with Gasteiger partial charge in [0.05, 0.1) is 12.5 Å². The van der Waals surface area contributed by atoms with Crippen molar-refractivity contribution in [2.24, 2.45) is 5.73 Å². The van der Waals surface area contributed by atoms with Gasteiger partial charge >= 0.3 is 0 Å². The lowest BCUT2D eigenvalue weighted by Gasteiger charge is -2.54. The Morgan fingerprint density at radius 2 is 2.03 bits per heavy atom. The van der Waals surface area contributed by atoms with E-state index in [0.29, 0.717) is 25.7 Å². The van der Waals surface area contributed by atoms with Gasteiger partial charge in [-0.3, -0.25) is 9.58 Å². The monoisotopic (exact) mass is 429 g/mol. The fraction of sp³-hybridized carbons (Fsp3) is 0.500. The molecule has 0 amide bonds. The molecule has 0 radical (unpaired) electrons. The standard InChI is InChI=1S/C20H27N7O2S/c1-30(28,29)26-8-4-16(5-9-26)25-13-20(12-21,14-25)27-11-15(10-24-27)17-2-6-22-19-18(17)3-7-23-19/h2-3,6-7,10-11,16H,4-5,8-9,12-14,21H2,1H3,(H,22,23). The number of H-pyrrole nitrogens is 1. The lowest BCUT2D eigenvalue weighted by atomic mass is 9.86. The molecular weight excluding hydrogens is 402 g/mol. The van der Waals surface area contributed by atoms with Gasteiger partial charge in [-0.25, -0.2) is 17.7 Å². The number of fused-ring (bicyclic) bond motifs is 1. The van der Waals surface area contributed by atoms with Gasteiger partial charge in [0.25, 0.3) is 0 Å². The summed E-state index contributed by atoms with van der Waals surface area (Å²) in [5.74, 6) is 0. The first-order valence-corrected chi connectivity index (χ1v) is 12.1. The van der Waals surface area contributed by atoms with Gasteiger partial charge in [-0.2, -0.15) is 5.10 Å². The second kappa shape index (κ2) is 7.16. The summed E-state index contributed by atoms with van der Waals surface area (Å²) in [7, 11) is -3.10. The summed E-state index contributed by atoms with van der Waals surface area (Å²) in [5, 5.41) is 5.74. The average Bonchev–Trinajstić information content (AvgIpc) is 3.37. The van der Waals surface area contributed by atoms with E-state index >= 15 is 0 Å². The lowest BCUT2D eigenvalue weighted by Crippen LogP contribution is -2.69. The van der Waals surface area contributed by atoms with Crippen molar-refractivity contribution in [2.75, 3.05) is 39.0 Å². The molecule has 3 aromatic heterocycles. The van der Waals surface area contributed by atoms with E-state index in [9.17, 15) is 8.42 Å². The van der Waals surface area contributed by atoms with Crippen LogP contribution in [0.1, 0.15) is 12.8 Å². The number of aromatic amines is 1. The molecule has 2 fully saturated rings. The molecule has 0 atom stereocenters. The molecule has 0 saturated carbocycles. The zero-order chi connectivity index (χ0) is 20.9. The summed E-state index contributed by atoms with van der Waals surface area (Å²) in [6.45, 7) is 3.38. The number of aromatic nitrogens is 4. The molecule has 5 heterocycles. The third kappa shape index (κ3) is 3.24. The zero-order valence-corrected chi connectivity index (χ0v) is 17.8. The highest BCUT2D eigenvalue weighted by atomic mass is 32.2. The highest BCUT2D eigenvalue weighted by molar-refractivity contribution is 7.88. The van der Waals surface area contributed by atoms with Gasteiger partial charge in [-0.15, -0.1) is 0 Å². The lowest BCUT2D eigenvalue weighted by molar-refractivity contribution is -0.0353. The summed E-state index contributed by atoms with van der Waals surface area (Å²) in [6, 6.07) is 4.44. The second-order valence-corrected chi connectivity index (χ2v) is 10.5. The molecule has 0 unspecified atom stereocenters. The molecule has 2 saturated heterocycles. The van der Waals surface area contributed by atoms with Crippen LogP contribution in [0, 0.1) is 0 Å². The summed E-state index contributed by atoms with van der Waals surface area (Å²) < 4.78 is 27.1. The topological polar surface area (TPSA) is 113 Å². The first-order valence-electron chi connectivity index (χ1n) is 10.3. The van der Waals surface area contributed by atoms with E-state index in [-0.39, 0.29) is 5.54 Å². The van der Waals surface area contributed by atoms with E-state index in [1.165, 1.54) is 6.26 Å². The number of sulfonamides is 1. The fourth-order valence-corrected chi connectivity index (χ4v) is 5.68. The molecule has 0 spiro atoms. The van der Waals surface area contributed by atoms with Crippen LogP contribution in [0.2, 0.25) is 0 Å². The Balaban J connectivity index is 1.30. The van der Waals surface area contributed by atoms with Gasteiger partial charge in [0, 0.05) is 68.3 Å². The van der Waals surface area contributed by atoms with Crippen LogP contribution in [-0.2, 0) is 15.6 Å². The maximum Gasteiger partial charge on any atom is 0.211 e. The van der Waals surface area contributed by atoms with E-state index in [0.717, 1.165) is 48.1 Å². The van der Waals surface area contributed by atoms with Crippen LogP contribution >= 0.6 is 0 Å². The number of hydrogen-bond acceptors (Lipinski definition) is 6. The maximum absolute atomic E-state index is 11.7. The average molecular weight is 430 g/mol. The van der Waals surface area contributed by atoms with E-state index < -0.39 is 10.0 Å². The number of nitrogens with one attached hydrogen (secondary N) is 1. The molecule has 160 valence electrons. The minimum atomic E-state index is -3.10. The number of nitrogens with two attached hydrogens (primary N) is 1. The largest absolute Gasteiger partial charge is 0.346 e. The smallest absolute Gasteiger partial charge is 0.211 e. The Kier molecular flexibility index (Phi) is 4.69. The quantitative estimate of drug-likeness (QED) is 0.621. The van der Waals surface area contributed by atoms with Gasteiger partial charge in [0.2, 0.25) is 10.0 Å². The van der Waals surface area contributed by atoms with Gasteiger partial charge < -0.3 is 10.7 Å². The molecule has 2 aliphatic heterocycles. The number of hydrogen-bond donors (Lipinski definition) is 2. The number of nitrogens with zero attached hydrogens (tertiary/aromatic N) is 5. The zero-order valence-electron chi connectivity index (χ0n) is 17.0. The van der Waals surface area contributed by atoms with E-state index in [2.05, 4.69) is 26.2 Å². The highest BCUT2D eigenvalue weighted by Gasteiger charge is 2.47. The van der Waals surface area contributed by atoms with Crippen LogP contribution in [0.15, 0.2) is 36.9 Å². The second-order valence-electron chi connectivity index (χ2n) is 8.50. The van der Waals surface area contributed by atoms with Crippen molar-refractivity contribution in [1.82, 2.24) is 29.0 Å². The first kappa shape index (κ1) is 19.7. The molecule has 10 heteroatoms. The molecular formula is C20H27N7O2S. The summed E-state index contributed by atoms with van der Waals surface area (Å²) in [6.07, 6.45) is 10.7. The van der Waals surface area contributed by atoms with E-state index in [1.54, 1.807) is 10.5 Å². The molecule has 0 aromatic carbocycles. The number of pyridine rings is 1. The van der Waals surface area contributed by atoms with Gasteiger partial charge in [-0.05, 0) is 30.5 Å². The molecule has 3 aromatic rings. The van der Waals surface area contributed by atoms with Crippen LogP contribution in [-0.4, -0.2) is 82.4 Å². The SMILES string of the molecule is CS(=O)(=O)N1CCC(N2CC(CN)(n3cc(-c4ccnc5[nH]ccc45)cn3)C2)CC1. The van der Waals surface area contributed by atoms with Crippen molar-refractivity contribution in [2.45, 2.75) is 24.4 Å². The summed E-state index contributed by atoms with van der Waals surface area (Å²) in [4.78, 5) is 9.93. The Bertz CT molecular complexity index is 1150. The predicted molar refractivity (Wildman–Crippen MR) is 115 cm³/mol. The molecule has 0 bridgehead atoms. The van der Waals surface area contributed by atoms with Gasteiger partial charge in [0.1, 0.15) is 11.2 Å². The van der Waals surface area contributed by atoms with Crippen molar-refractivity contribution < 1.29 is 8.42 Å². The third-order valence-corrected chi connectivity index (χ3v) is 7.93. The normalized spacial score (nSPS) is 21.1. The Morgan fingerprint density at radius 3 is 2.73 bits per heavy atom. The van der Waals surface area contributed by atoms with Crippen LogP contribution < -0.4 is 5.73 Å². The number of likely N-dealkylation sites (tertiary alicyclic amines) is 1. The summed E-state index contributed by atoms with van der Waals surface area (Å²) in [5.41, 5.74) is 9.01. The predicted octanol–water partition coefficient (Wildman–Crippen LogP) is 0.820. The number of rotatable bonds is 5. The van der Waals surface area contributed by atoms with Crippen LogP contribution in [0.3, 0.4) is 0 Å². The minimum absolute atomic E-state index is 0.212. The van der Waals surface area contributed by atoms with Gasteiger partial charge in [0.15, 0.2) is 0 Å². The Labute approximate surface area is 175 Å². The first-order chi connectivity index (χ1) is 14.4. The van der Waals surface area contributed by atoms with Crippen LogP contribution in [0.25, 0.3) is 22.2 Å². The van der Waals surface area contributed by atoms with Crippen molar-refractivity contribution in [3.63, 3.8) is 0 Å². The molecule has 3 N–H and O–H groups in total.